The highest BCUT2D eigenvalue weighted by atomic mass is 16.7. The molecule has 0 aromatic heterocycles. The van der Waals surface area contributed by atoms with Crippen molar-refractivity contribution in [2.24, 2.45) is 28.8 Å². The number of hydrogen-bond donors (Lipinski definition) is 3. The van der Waals surface area contributed by atoms with Gasteiger partial charge in [-0.3, -0.25) is 4.79 Å². The summed E-state index contributed by atoms with van der Waals surface area (Å²) in [7, 11) is 1.59. The number of nitrogens with zero attached hydrogens (tertiary/aromatic N) is 1. The van der Waals surface area contributed by atoms with Crippen LogP contribution in [0, 0.1) is 23.7 Å². The fraction of sp³-hybridized carbons (Fsp3) is 0.767. The monoisotopic (exact) mass is 769 g/mol. The van der Waals surface area contributed by atoms with Crippen LogP contribution in [0.1, 0.15) is 105 Å². The van der Waals surface area contributed by atoms with Crippen molar-refractivity contribution in [1.82, 2.24) is 0 Å². The molecule has 0 aromatic rings. The van der Waals surface area contributed by atoms with E-state index in [9.17, 15) is 20.2 Å². The van der Waals surface area contributed by atoms with E-state index >= 15 is 0 Å². The van der Waals surface area contributed by atoms with Gasteiger partial charge in [0, 0.05) is 38.7 Å². The minimum atomic E-state index is -1.83. The molecule has 0 aromatic carbocycles. The minimum absolute atomic E-state index is 0.0359. The molecule has 306 valence electrons. The normalized spacial score (nSPS) is 47.9. The number of fused-ring (bicyclic) bond motifs is 2. The van der Waals surface area contributed by atoms with Gasteiger partial charge in [-0.25, -0.2) is 0 Å². The molecule has 12 heteroatoms. The van der Waals surface area contributed by atoms with Crippen LogP contribution in [0.15, 0.2) is 52.3 Å². The van der Waals surface area contributed by atoms with Crippen LogP contribution in [0.4, 0.5) is 0 Å². The maximum absolute atomic E-state index is 14.4. The first-order valence-electron chi connectivity index (χ1n) is 20.7. The number of methoxy groups -OCH3 is 1. The van der Waals surface area contributed by atoms with E-state index in [0.29, 0.717) is 55.1 Å². The molecule has 5 heterocycles. The third-order valence-electron chi connectivity index (χ3n) is 13.6. The maximum atomic E-state index is 14.4. The third-order valence-corrected chi connectivity index (χ3v) is 13.6. The summed E-state index contributed by atoms with van der Waals surface area (Å²) >= 11 is 0. The van der Waals surface area contributed by atoms with Gasteiger partial charge in [0.05, 0.1) is 37.1 Å². The van der Waals surface area contributed by atoms with Crippen LogP contribution in [0.3, 0.4) is 0 Å². The highest BCUT2D eigenvalue weighted by molar-refractivity contribution is 6.06. The molecule has 1 spiro atoms. The lowest BCUT2D eigenvalue weighted by molar-refractivity contribution is -0.342. The van der Waals surface area contributed by atoms with Crippen molar-refractivity contribution in [1.29, 1.82) is 0 Å². The van der Waals surface area contributed by atoms with E-state index in [1.54, 1.807) is 26.2 Å². The van der Waals surface area contributed by atoms with Gasteiger partial charge in [0.25, 0.3) is 0 Å². The standard InChI is InChI=1S/C43H63NO11/c1-24-11-10-14-30-23-50-40-36(44-48)27(4)19-33(43(30,40)47)41(46)52-32-20-31(16-15-25(2)38(24)53-35-21-34(49-6)37(45)28(5)51-35)54-42(22-32)18-17-26(3)39(55-42)29-12-8-7-9-13-29/h10-11,14-15,19,24,26,28-29,31-35,37-40,45,47-48H,7-9,12-13,16-18,20-23H2,1-6H3/b11-10+,25-15+,30-14+,44-36-/t24-,26-,28-,31+,32-,33-,34-,35-,37-,38-,39+,40+,42+,43+/m0/s1. The predicted octanol–water partition coefficient (Wildman–Crippen LogP) is 6.07. The quantitative estimate of drug-likeness (QED) is 0.132. The SMILES string of the molecule is CO[C@H]1C[C@H](O[C@@H]2/C(C)=C/C[C@@H]3C[C@@H](C[C@]4(CC[C@H](C)[C@H](C5CCCCC5)O4)O3)OC(=O)[C@@H]3C=C(C)/C(=N/O)[C@H]4OC/C(=C\C=C\[C@@H]2C)[C@]43O)O[C@@H](C)[C@@H]1O. The van der Waals surface area contributed by atoms with Crippen LogP contribution in [-0.2, 0) is 38.0 Å². The van der Waals surface area contributed by atoms with Crippen LogP contribution in [0.25, 0.3) is 0 Å². The van der Waals surface area contributed by atoms with E-state index in [1.807, 2.05) is 19.1 Å². The molecule has 2 bridgehead atoms. The van der Waals surface area contributed by atoms with Crippen LogP contribution in [0.2, 0.25) is 0 Å². The minimum Gasteiger partial charge on any atom is -0.462 e. The second-order valence-electron chi connectivity index (χ2n) is 17.4. The molecule has 12 nitrogen and oxygen atoms in total. The summed E-state index contributed by atoms with van der Waals surface area (Å²) in [6.07, 6.45) is 14.4. The molecule has 3 N–H and O–H groups in total. The van der Waals surface area contributed by atoms with E-state index in [4.69, 9.17) is 33.2 Å². The Balaban J connectivity index is 1.25. The summed E-state index contributed by atoms with van der Waals surface area (Å²) in [5, 5.41) is 36.7. The van der Waals surface area contributed by atoms with Crippen molar-refractivity contribution in [2.45, 2.75) is 172 Å². The summed E-state index contributed by atoms with van der Waals surface area (Å²) in [6, 6.07) is 0. The van der Waals surface area contributed by atoms with Crippen LogP contribution >= 0.6 is 0 Å². The van der Waals surface area contributed by atoms with Crippen LogP contribution in [0.5, 0.6) is 0 Å². The van der Waals surface area contributed by atoms with Gasteiger partial charge in [-0.15, -0.1) is 0 Å². The zero-order valence-electron chi connectivity index (χ0n) is 33.4. The highest BCUT2D eigenvalue weighted by Crippen LogP contribution is 2.48. The molecule has 0 unspecified atom stereocenters. The number of esters is 1. The van der Waals surface area contributed by atoms with E-state index in [1.165, 1.54) is 19.3 Å². The van der Waals surface area contributed by atoms with Gasteiger partial charge < -0.3 is 48.6 Å². The number of aliphatic hydroxyl groups is 2. The van der Waals surface area contributed by atoms with Crippen molar-refractivity contribution >= 4 is 11.7 Å². The summed E-state index contributed by atoms with van der Waals surface area (Å²) < 4.78 is 45.1. The van der Waals surface area contributed by atoms with Crippen LogP contribution in [-0.4, -0.2) is 107 Å². The van der Waals surface area contributed by atoms with Gasteiger partial charge in [-0.05, 0) is 75.0 Å². The lowest BCUT2D eigenvalue weighted by Crippen LogP contribution is -2.57. The molecule has 7 aliphatic rings. The largest absolute Gasteiger partial charge is 0.462 e. The van der Waals surface area contributed by atoms with Crippen molar-refractivity contribution in [3.8, 4) is 0 Å². The van der Waals surface area contributed by atoms with Crippen molar-refractivity contribution in [3.63, 3.8) is 0 Å². The fourth-order valence-electron chi connectivity index (χ4n) is 10.4. The van der Waals surface area contributed by atoms with Crippen molar-refractivity contribution in [3.05, 3.63) is 47.1 Å². The average molecular weight is 770 g/mol. The zero-order valence-corrected chi connectivity index (χ0v) is 33.4. The average Bonchev–Trinajstić information content (AvgIpc) is 3.50. The third kappa shape index (κ3) is 8.17. The zero-order chi connectivity index (χ0) is 39.1. The summed E-state index contributed by atoms with van der Waals surface area (Å²) in [4.78, 5) is 14.4. The van der Waals surface area contributed by atoms with Gasteiger partial charge in [-0.2, -0.15) is 0 Å². The maximum Gasteiger partial charge on any atom is 0.316 e. The van der Waals surface area contributed by atoms with Crippen molar-refractivity contribution in [2.75, 3.05) is 13.7 Å². The number of ether oxygens (including phenoxy) is 7. The molecule has 1 saturated carbocycles. The molecule has 4 saturated heterocycles. The molecule has 55 heavy (non-hydrogen) atoms. The lowest BCUT2D eigenvalue weighted by Gasteiger charge is -2.51. The fourth-order valence-corrected chi connectivity index (χ4v) is 10.4. The first-order valence-corrected chi connectivity index (χ1v) is 20.7. The Labute approximate surface area is 325 Å². The molecule has 5 fully saturated rings. The summed E-state index contributed by atoms with van der Waals surface area (Å²) in [5.74, 6) is -1.83. The topological polar surface area (TPSA) is 155 Å². The first kappa shape index (κ1) is 40.8. The predicted molar refractivity (Wildman–Crippen MR) is 203 cm³/mol. The smallest absolute Gasteiger partial charge is 0.316 e. The van der Waals surface area contributed by atoms with Gasteiger partial charge in [0.1, 0.15) is 35.5 Å². The highest BCUT2D eigenvalue weighted by Gasteiger charge is 2.60. The molecule has 0 radical (unpaired) electrons. The van der Waals surface area contributed by atoms with E-state index in [-0.39, 0.29) is 30.4 Å². The number of oxime groups is 1. The molecule has 2 aliphatic carbocycles. The number of hydrogen-bond acceptors (Lipinski definition) is 12. The number of carbonyl (C=O) groups is 1. The Morgan fingerprint density at radius 3 is 2.55 bits per heavy atom. The van der Waals surface area contributed by atoms with Gasteiger partial charge in [0.2, 0.25) is 0 Å². The molecule has 14 atom stereocenters. The summed E-state index contributed by atoms with van der Waals surface area (Å²) in [5.41, 5.74) is 0.362. The van der Waals surface area contributed by atoms with Crippen LogP contribution < -0.4 is 0 Å². The number of rotatable bonds is 4. The molecular weight excluding hydrogens is 706 g/mol. The second-order valence-corrected chi connectivity index (χ2v) is 17.4. The number of aliphatic hydroxyl groups excluding tert-OH is 1. The summed E-state index contributed by atoms with van der Waals surface area (Å²) in [6.45, 7) is 10.0. The van der Waals surface area contributed by atoms with Gasteiger partial charge in [0.15, 0.2) is 12.1 Å². The molecular formula is C43H63NO11. The van der Waals surface area contributed by atoms with E-state index < -0.39 is 66.2 Å². The Bertz CT molecular complexity index is 1550. The Hall–Kier alpha value is -2.42. The Kier molecular flexibility index (Phi) is 12.5. The second kappa shape index (κ2) is 16.8. The molecule has 5 aliphatic heterocycles. The number of carbonyl (C=O) groups excluding carboxylic acids is 1. The van der Waals surface area contributed by atoms with Gasteiger partial charge in [-0.1, -0.05) is 68.6 Å². The number of allylic oxidation sites excluding steroid dienone is 2. The molecule has 0 amide bonds. The van der Waals surface area contributed by atoms with E-state index in [2.05, 4.69) is 32.0 Å². The van der Waals surface area contributed by atoms with Gasteiger partial charge >= 0.3 is 5.97 Å². The van der Waals surface area contributed by atoms with Crippen molar-refractivity contribution < 1.29 is 53.4 Å². The lowest BCUT2D eigenvalue weighted by atomic mass is 9.71. The van der Waals surface area contributed by atoms with E-state index in [0.717, 1.165) is 24.8 Å². The molecule has 7 rings (SSSR count). The first-order chi connectivity index (χ1) is 26.4. The Morgan fingerprint density at radius 2 is 1.80 bits per heavy atom. The Morgan fingerprint density at radius 1 is 1.02 bits per heavy atom.